The Hall–Kier alpha value is -2.63. The van der Waals surface area contributed by atoms with Crippen LogP contribution in [0.2, 0.25) is 5.02 Å². The van der Waals surface area contributed by atoms with Gasteiger partial charge in [-0.05, 0) is 61.4 Å². The highest BCUT2D eigenvalue weighted by Gasteiger charge is 2.17. The van der Waals surface area contributed by atoms with Gasteiger partial charge in [0, 0.05) is 6.21 Å². The molecule has 0 aliphatic heterocycles. The van der Waals surface area contributed by atoms with Crippen LogP contribution in [0.25, 0.3) is 0 Å². The fourth-order valence-electron chi connectivity index (χ4n) is 2.51. The third-order valence-electron chi connectivity index (χ3n) is 3.89. The van der Waals surface area contributed by atoms with Crippen LogP contribution in [-0.2, 0) is 10.1 Å². The van der Waals surface area contributed by atoms with Crippen molar-refractivity contribution < 1.29 is 12.6 Å². The number of aliphatic imine (C=N–C) groups is 1. The van der Waals surface area contributed by atoms with Gasteiger partial charge in [0.15, 0.2) is 5.75 Å². The summed E-state index contributed by atoms with van der Waals surface area (Å²) in [7, 11) is -3.93. The number of rotatable bonds is 5. The van der Waals surface area contributed by atoms with E-state index < -0.39 is 10.1 Å². The van der Waals surface area contributed by atoms with E-state index in [0.29, 0.717) is 0 Å². The minimum absolute atomic E-state index is 0.0709. The molecule has 0 atom stereocenters. The molecule has 27 heavy (non-hydrogen) atoms. The van der Waals surface area contributed by atoms with Crippen molar-refractivity contribution in [2.75, 3.05) is 0 Å². The van der Waals surface area contributed by atoms with Crippen molar-refractivity contribution >= 4 is 33.6 Å². The van der Waals surface area contributed by atoms with E-state index in [-0.39, 0.29) is 15.7 Å². The van der Waals surface area contributed by atoms with Gasteiger partial charge in [0.05, 0.1) is 10.7 Å². The summed E-state index contributed by atoms with van der Waals surface area (Å²) >= 11 is 6.21. The maximum Gasteiger partial charge on any atom is 0.339 e. The summed E-state index contributed by atoms with van der Waals surface area (Å²) in [5.74, 6) is 0.0733. The molecule has 4 nitrogen and oxygen atoms in total. The molecule has 0 aromatic heterocycles. The van der Waals surface area contributed by atoms with E-state index in [9.17, 15) is 8.42 Å². The van der Waals surface area contributed by atoms with Crippen LogP contribution in [0.3, 0.4) is 0 Å². The van der Waals surface area contributed by atoms with Gasteiger partial charge in [-0.25, -0.2) is 0 Å². The SMILES string of the molecule is Cc1ccc(N=Cc2ccc(OS(=O)(=O)c3ccccc3)c(Cl)c2)c(C)c1. The molecular weight excluding hydrogens is 382 g/mol. The molecule has 0 bridgehead atoms. The Morgan fingerprint density at radius 1 is 0.963 bits per heavy atom. The molecule has 0 saturated carbocycles. The number of hydrogen-bond acceptors (Lipinski definition) is 4. The Morgan fingerprint density at radius 3 is 2.37 bits per heavy atom. The zero-order valence-corrected chi connectivity index (χ0v) is 16.5. The minimum atomic E-state index is -3.93. The Morgan fingerprint density at radius 2 is 1.70 bits per heavy atom. The predicted molar refractivity (Wildman–Crippen MR) is 109 cm³/mol. The third-order valence-corrected chi connectivity index (χ3v) is 5.44. The van der Waals surface area contributed by atoms with Crippen LogP contribution in [0.15, 0.2) is 76.6 Å². The van der Waals surface area contributed by atoms with Gasteiger partial charge in [-0.2, -0.15) is 8.42 Å². The van der Waals surface area contributed by atoms with Crippen molar-refractivity contribution in [1.29, 1.82) is 0 Å². The van der Waals surface area contributed by atoms with Gasteiger partial charge in [-0.15, -0.1) is 0 Å². The van der Waals surface area contributed by atoms with Gasteiger partial charge in [-0.1, -0.05) is 47.5 Å². The molecule has 0 spiro atoms. The van der Waals surface area contributed by atoms with Crippen molar-refractivity contribution in [2.45, 2.75) is 18.7 Å². The van der Waals surface area contributed by atoms with Crippen LogP contribution in [0.4, 0.5) is 5.69 Å². The number of benzene rings is 3. The first-order valence-electron chi connectivity index (χ1n) is 8.25. The molecular formula is C21H18ClNO3S. The number of halogens is 1. The topological polar surface area (TPSA) is 55.7 Å². The second-order valence-corrected chi connectivity index (χ2v) is 8.04. The summed E-state index contributed by atoms with van der Waals surface area (Å²) in [6.07, 6.45) is 1.68. The first kappa shape index (κ1) is 19.1. The molecule has 0 fully saturated rings. The fourth-order valence-corrected chi connectivity index (χ4v) is 3.75. The van der Waals surface area contributed by atoms with Gasteiger partial charge < -0.3 is 4.18 Å². The number of nitrogens with zero attached hydrogens (tertiary/aromatic N) is 1. The van der Waals surface area contributed by atoms with Crippen molar-refractivity contribution in [3.63, 3.8) is 0 Å². The van der Waals surface area contributed by atoms with Gasteiger partial charge in [0.1, 0.15) is 4.90 Å². The van der Waals surface area contributed by atoms with E-state index in [4.69, 9.17) is 15.8 Å². The van der Waals surface area contributed by atoms with Crippen LogP contribution < -0.4 is 4.18 Å². The Labute approximate surface area is 164 Å². The monoisotopic (exact) mass is 399 g/mol. The van der Waals surface area contributed by atoms with E-state index in [0.717, 1.165) is 16.8 Å². The Bertz CT molecular complexity index is 1090. The summed E-state index contributed by atoms with van der Waals surface area (Å²) in [6.45, 7) is 4.03. The predicted octanol–water partition coefficient (Wildman–Crippen LogP) is 5.48. The molecule has 3 aromatic carbocycles. The van der Waals surface area contributed by atoms with Crippen molar-refractivity contribution in [3.05, 3.63) is 88.4 Å². The molecule has 0 unspecified atom stereocenters. The number of hydrogen-bond donors (Lipinski definition) is 0. The molecule has 0 N–H and O–H groups in total. The molecule has 0 aliphatic carbocycles. The lowest BCUT2D eigenvalue weighted by molar-refractivity contribution is 0.486. The van der Waals surface area contributed by atoms with Gasteiger partial charge in [-0.3, -0.25) is 4.99 Å². The summed E-state index contributed by atoms with van der Waals surface area (Å²) in [6, 6.07) is 18.8. The van der Waals surface area contributed by atoms with Crippen LogP contribution in [0.1, 0.15) is 16.7 Å². The van der Waals surface area contributed by atoms with Crippen LogP contribution in [0, 0.1) is 13.8 Å². The zero-order chi connectivity index (χ0) is 19.4. The molecule has 0 heterocycles. The summed E-state index contributed by atoms with van der Waals surface area (Å²) in [5.41, 5.74) is 3.86. The molecule has 6 heteroatoms. The Kier molecular flexibility index (Phi) is 5.63. The third kappa shape index (κ3) is 4.76. The standard InChI is InChI=1S/C21H18ClNO3S/c1-15-8-10-20(16(2)12-15)23-14-17-9-11-21(19(22)13-17)26-27(24,25)18-6-4-3-5-7-18/h3-14H,1-2H3. The van der Waals surface area contributed by atoms with Crippen LogP contribution in [-0.4, -0.2) is 14.6 Å². The molecule has 0 aliphatic rings. The van der Waals surface area contributed by atoms with Crippen LogP contribution in [0.5, 0.6) is 5.75 Å². The van der Waals surface area contributed by atoms with E-state index >= 15 is 0 Å². The maximum absolute atomic E-state index is 12.3. The molecule has 0 amide bonds. The van der Waals surface area contributed by atoms with Crippen molar-refractivity contribution in [3.8, 4) is 5.75 Å². The van der Waals surface area contributed by atoms with Gasteiger partial charge >= 0.3 is 10.1 Å². The van der Waals surface area contributed by atoms with Gasteiger partial charge in [0.25, 0.3) is 0 Å². The highest BCUT2D eigenvalue weighted by atomic mass is 35.5. The highest BCUT2D eigenvalue weighted by Crippen LogP contribution is 2.28. The average molecular weight is 400 g/mol. The van der Waals surface area contributed by atoms with Crippen molar-refractivity contribution in [2.24, 2.45) is 4.99 Å². The van der Waals surface area contributed by atoms with E-state index in [1.165, 1.54) is 23.8 Å². The summed E-state index contributed by atoms with van der Waals surface area (Å²) < 4.78 is 29.8. The van der Waals surface area contributed by atoms with E-state index in [2.05, 4.69) is 11.1 Å². The second kappa shape index (κ2) is 7.94. The first-order chi connectivity index (χ1) is 12.8. The molecule has 138 valence electrons. The van der Waals surface area contributed by atoms with E-state index in [1.807, 2.05) is 26.0 Å². The quantitative estimate of drug-likeness (QED) is 0.422. The second-order valence-electron chi connectivity index (χ2n) is 6.09. The maximum atomic E-state index is 12.3. The molecule has 3 aromatic rings. The van der Waals surface area contributed by atoms with Crippen molar-refractivity contribution in [1.82, 2.24) is 0 Å². The zero-order valence-electron chi connectivity index (χ0n) is 14.9. The molecule has 0 radical (unpaired) electrons. The molecule has 0 saturated heterocycles. The van der Waals surface area contributed by atoms with Crippen LogP contribution >= 0.6 is 11.6 Å². The molecule has 3 rings (SSSR count). The average Bonchev–Trinajstić information content (AvgIpc) is 2.64. The lowest BCUT2D eigenvalue weighted by Crippen LogP contribution is -2.09. The van der Waals surface area contributed by atoms with E-state index in [1.54, 1.807) is 36.5 Å². The lowest BCUT2D eigenvalue weighted by Gasteiger charge is -2.09. The summed E-state index contributed by atoms with van der Waals surface area (Å²) in [5, 5.41) is 0.194. The normalized spacial score (nSPS) is 11.7. The minimum Gasteiger partial charge on any atom is -0.377 e. The first-order valence-corrected chi connectivity index (χ1v) is 10.0. The summed E-state index contributed by atoms with van der Waals surface area (Å²) in [4.78, 5) is 4.54. The fraction of sp³-hybridized carbons (Fsp3) is 0.0952. The number of aryl methyl sites for hydroxylation is 2. The Balaban J connectivity index is 1.81. The smallest absolute Gasteiger partial charge is 0.339 e. The largest absolute Gasteiger partial charge is 0.377 e. The highest BCUT2D eigenvalue weighted by molar-refractivity contribution is 7.87. The van der Waals surface area contributed by atoms with Gasteiger partial charge in [0.2, 0.25) is 0 Å². The lowest BCUT2D eigenvalue weighted by atomic mass is 10.1.